The van der Waals surface area contributed by atoms with E-state index >= 15 is 0 Å². The van der Waals surface area contributed by atoms with Gasteiger partial charge in [-0.1, -0.05) is 96.4 Å². The Balaban J connectivity index is 1.88. The highest BCUT2D eigenvalue weighted by atomic mass is 35.5. The minimum atomic E-state index is -4.30. The number of carbonyl (C=O) groups excluding carboxylic acids is 2. The van der Waals surface area contributed by atoms with Gasteiger partial charge in [0.15, 0.2) is 0 Å². The number of carbonyl (C=O) groups is 2. The molecule has 2 amide bonds. The minimum absolute atomic E-state index is 0.00301. The first kappa shape index (κ1) is 36.8. The second kappa shape index (κ2) is 16.9. The number of ether oxygens (including phenoxy) is 1. The molecule has 48 heavy (non-hydrogen) atoms. The maximum atomic E-state index is 14.8. The predicted octanol–water partition coefficient (Wildman–Crippen LogP) is 7.45. The van der Waals surface area contributed by atoms with Crippen LogP contribution in [0.1, 0.15) is 43.9 Å². The molecule has 0 heterocycles. The minimum Gasteiger partial charge on any atom is -0.492 e. The third-order valence-electron chi connectivity index (χ3n) is 7.98. The zero-order valence-corrected chi connectivity index (χ0v) is 29.9. The summed E-state index contributed by atoms with van der Waals surface area (Å²) in [6, 6.07) is 26.2. The lowest BCUT2D eigenvalue weighted by molar-refractivity contribution is -0.140. The van der Waals surface area contributed by atoms with Crippen molar-refractivity contribution in [1.82, 2.24) is 10.2 Å². The second-order valence-corrected chi connectivity index (χ2v) is 14.1. The third kappa shape index (κ3) is 9.09. The maximum Gasteiger partial charge on any atom is 0.264 e. The first-order valence-corrected chi connectivity index (χ1v) is 18.0. The molecule has 0 fully saturated rings. The Morgan fingerprint density at radius 2 is 1.48 bits per heavy atom. The van der Waals surface area contributed by atoms with Crippen LogP contribution in [0.5, 0.6) is 5.75 Å². The average molecular weight is 711 g/mol. The number of aryl methyl sites for hydroxylation is 1. The maximum absolute atomic E-state index is 14.8. The van der Waals surface area contributed by atoms with Gasteiger partial charge in [0.2, 0.25) is 11.8 Å². The van der Waals surface area contributed by atoms with Crippen LogP contribution in [-0.2, 0) is 32.6 Å². The quantitative estimate of drug-likeness (QED) is 0.138. The molecule has 0 aliphatic rings. The number of hydrogen-bond acceptors (Lipinski definition) is 5. The normalized spacial score (nSPS) is 12.5. The van der Waals surface area contributed by atoms with Crippen LogP contribution in [0.15, 0.2) is 102 Å². The molecule has 4 rings (SSSR count). The molecule has 0 saturated carbocycles. The molecule has 4 aromatic rings. The molecule has 1 N–H and O–H groups in total. The van der Waals surface area contributed by atoms with Crippen molar-refractivity contribution in [2.75, 3.05) is 17.5 Å². The summed E-state index contributed by atoms with van der Waals surface area (Å²) >= 11 is 13.2. The van der Waals surface area contributed by atoms with Crippen LogP contribution in [0.3, 0.4) is 0 Å². The Morgan fingerprint density at radius 1 is 0.854 bits per heavy atom. The number of para-hydroxylation sites is 2. The number of nitrogens with one attached hydrogen (secondary N) is 1. The van der Waals surface area contributed by atoms with Crippen LogP contribution in [0, 0.1) is 6.92 Å². The van der Waals surface area contributed by atoms with E-state index in [0.717, 1.165) is 15.4 Å². The van der Waals surface area contributed by atoms with E-state index in [1.165, 1.54) is 17.0 Å². The molecule has 0 aromatic heterocycles. The van der Waals surface area contributed by atoms with Gasteiger partial charge >= 0.3 is 0 Å². The summed E-state index contributed by atoms with van der Waals surface area (Å²) < 4.78 is 35.6. The van der Waals surface area contributed by atoms with E-state index < -0.39 is 28.5 Å². The van der Waals surface area contributed by atoms with Gasteiger partial charge in [-0.05, 0) is 69.2 Å². The first-order valence-electron chi connectivity index (χ1n) is 15.8. The fraction of sp³-hybridized carbons (Fsp3) is 0.297. The summed E-state index contributed by atoms with van der Waals surface area (Å²) in [5.41, 5.74) is 2.32. The lowest BCUT2D eigenvalue weighted by atomic mass is 10.0. The van der Waals surface area contributed by atoms with Crippen molar-refractivity contribution in [3.8, 4) is 5.75 Å². The number of sulfonamides is 1. The fourth-order valence-corrected chi connectivity index (χ4v) is 7.08. The van der Waals surface area contributed by atoms with Gasteiger partial charge in [0.1, 0.15) is 18.3 Å². The summed E-state index contributed by atoms with van der Waals surface area (Å²) in [5.74, 6) is -0.722. The first-order chi connectivity index (χ1) is 23.0. The molecule has 0 bridgehead atoms. The Bertz CT molecular complexity index is 1780. The Morgan fingerprint density at radius 3 is 2.10 bits per heavy atom. The van der Waals surface area contributed by atoms with E-state index in [0.29, 0.717) is 27.8 Å². The van der Waals surface area contributed by atoms with Gasteiger partial charge in [0, 0.05) is 34.6 Å². The highest BCUT2D eigenvalue weighted by molar-refractivity contribution is 7.92. The van der Waals surface area contributed by atoms with Crippen LogP contribution in [0.2, 0.25) is 10.0 Å². The van der Waals surface area contributed by atoms with Crippen molar-refractivity contribution in [3.05, 3.63) is 124 Å². The molecule has 254 valence electrons. The average Bonchev–Trinajstić information content (AvgIpc) is 3.07. The molecular formula is C37H41Cl2N3O5S. The largest absolute Gasteiger partial charge is 0.492 e. The van der Waals surface area contributed by atoms with Crippen molar-refractivity contribution in [2.24, 2.45) is 0 Å². The van der Waals surface area contributed by atoms with Crippen molar-refractivity contribution >= 4 is 50.7 Å². The van der Waals surface area contributed by atoms with E-state index in [2.05, 4.69) is 5.32 Å². The van der Waals surface area contributed by atoms with Crippen LogP contribution >= 0.6 is 23.2 Å². The van der Waals surface area contributed by atoms with Gasteiger partial charge in [0.25, 0.3) is 10.0 Å². The Hall–Kier alpha value is -4.05. The Labute approximate surface area is 293 Å². The molecule has 2 atom stereocenters. The number of anilines is 1. The predicted molar refractivity (Wildman–Crippen MR) is 192 cm³/mol. The topological polar surface area (TPSA) is 96.0 Å². The fourth-order valence-electron chi connectivity index (χ4n) is 5.14. The van der Waals surface area contributed by atoms with E-state index in [1.54, 1.807) is 61.5 Å². The van der Waals surface area contributed by atoms with Gasteiger partial charge in [-0.3, -0.25) is 13.9 Å². The standard InChI is InChI=1S/C37H41Cl2N3O5S/c1-5-27(4)40-37(44)34(23-28-13-8-7-9-14-28)41(24-30-31(38)15-12-16-32(30)39)36(43)25-42(33-17-10-11-18-35(33)47-6-2)48(45,46)29-21-19-26(3)20-22-29/h7-22,27,34H,5-6,23-25H2,1-4H3,(H,40,44). The lowest BCUT2D eigenvalue weighted by Gasteiger charge is -2.35. The van der Waals surface area contributed by atoms with E-state index in [9.17, 15) is 18.0 Å². The molecule has 4 aromatic carbocycles. The van der Waals surface area contributed by atoms with Crippen molar-refractivity contribution < 1.29 is 22.7 Å². The highest BCUT2D eigenvalue weighted by Crippen LogP contribution is 2.34. The molecular weight excluding hydrogens is 669 g/mol. The summed E-state index contributed by atoms with van der Waals surface area (Å²) in [4.78, 5) is 30.2. The monoisotopic (exact) mass is 709 g/mol. The smallest absolute Gasteiger partial charge is 0.264 e. The third-order valence-corrected chi connectivity index (χ3v) is 10.5. The van der Waals surface area contributed by atoms with E-state index in [1.807, 2.05) is 51.1 Å². The zero-order valence-electron chi connectivity index (χ0n) is 27.5. The SMILES string of the molecule is CCOc1ccccc1N(CC(=O)N(Cc1c(Cl)cccc1Cl)C(Cc1ccccc1)C(=O)NC(C)CC)S(=O)(=O)c1ccc(C)cc1. The summed E-state index contributed by atoms with van der Waals surface area (Å²) in [6.45, 7) is 6.98. The molecule has 0 radical (unpaired) electrons. The summed E-state index contributed by atoms with van der Waals surface area (Å²) in [5, 5.41) is 3.65. The van der Waals surface area contributed by atoms with E-state index in [-0.39, 0.29) is 42.1 Å². The Kier molecular flexibility index (Phi) is 12.9. The van der Waals surface area contributed by atoms with Crippen molar-refractivity contribution in [1.29, 1.82) is 0 Å². The van der Waals surface area contributed by atoms with Gasteiger partial charge < -0.3 is 15.0 Å². The van der Waals surface area contributed by atoms with Gasteiger partial charge in [0.05, 0.1) is 17.2 Å². The zero-order chi connectivity index (χ0) is 34.8. The van der Waals surface area contributed by atoms with Crippen LogP contribution in [0.4, 0.5) is 5.69 Å². The molecule has 0 saturated heterocycles. The molecule has 0 aliphatic carbocycles. The summed E-state index contributed by atoms with van der Waals surface area (Å²) in [7, 11) is -4.30. The molecule has 2 unspecified atom stereocenters. The number of halogens is 2. The second-order valence-electron chi connectivity index (χ2n) is 11.5. The van der Waals surface area contributed by atoms with Crippen LogP contribution < -0.4 is 14.4 Å². The van der Waals surface area contributed by atoms with Crippen molar-refractivity contribution in [2.45, 2.75) is 64.1 Å². The molecule has 0 aliphatic heterocycles. The number of benzene rings is 4. The summed E-state index contributed by atoms with van der Waals surface area (Å²) in [6.07, 6.45) is 0.835. The molecule has 11 heteroatoms. The number of nitrogens with zero attached hydrogens (tertiary/aromatic N) is 2. The molecule has 8 nitrogen and oxygen atoms in total. The van der Waals surface area contributed by atoms with Gasteiger partial charge in [-0.25, -0.2) is 8.42 Å². The molecule has 0 spiro atoms. The van der Waals surface area contributed by atoms with Gasteiger partial charge in [-0.15, -0.1) is 0 Å². The van der Waals surface area contributed by atoms with Crippen LogP contribution in [-0.4, -0.2) is 50.4 Å². The number of rotatable bonds is 15. The van der Waals surface area contributed by atoms with Crippen LogP contribution in [0.25, 0.3) is 0 Å². The van der Waals surface area contributed by atoms with Crippen molar-refractivity contribution in [3.63, 3.8) is 0 Å². The number of hydrogen-bond donors (Lipinski definition) is 1. The number of amides is 2. The highest BCUT2D eigenvalue weighted by Gasteiger charge is 2.36. The van der Waals surface area contributed by atoms with Gasteiger partial charge in [-0.2, -0.15) is 0 Å². The lowest BCUT2D eigenvalue weighted by Crippen LogP contribution is -2.54. The van der Waals surface area contributed by atoms with E-state index in [4.69, 9.17) is 27.9 Å².